The number of nitrogens with two attached hydrogens (primary N) is 1. The molecule has 2 aromatic heterocycles. The number of piperazine rings is 1. The summed E-state index contributed by atoms with van der Waals surface area (Å²) < 4.78 is 0. The van der Waals surface area contributed by atoms with Crippen LogP contribution in [0, 0.1) is 0 Å². The van der Waals surface area contributed by atoms with Crippen molar-refractivity contribution >= 4 is 33.3 Å². The van der Waals surface area contributed by atoms with Crippen molar-refractivity contribution in [3.05, 3.63) is 41.4 Å². The van der Waals surface area contributed by atoms with E-state index < -0.39 is 0 Å². The Labute approximate surface area is 149 Å². The van der Waals surface area contributed by atoms with Gasteiger partial charge in [0, 0.05) is 31.7 Å². The van der Waals surface area contributed by atoms with Gasteiger partial charge in [0.2, 0.25) is 0 Å². The first-order valence-corrected chi connectivity index (χ1v) is 9.03. The molecule has 0 bridgehead atoms. The Morgan fingerprint density at radius 3 is 2.60 bits per heavy atom. The monoisotopic (exact) mass is 353 g/mol. The van der Waals surface area contributed by atoms with Crippen molar-refractivity contribution in [2.24, 2.45) is 0 Å². The predicted molar refractivity (Wildman–Crippen MR) is 101 cm³/mol. The predicted octanol–water partition coefficient (Wildman–Crippen LogP) is 2.33. The molecule has 7 heteroatoms. The molecule has 1 aliphatic heterocycles. The van der Waals surface area contributed by atoms with E-state index in [0.29, 0.717) is 20.9 Å². The van der Waals surface area contributed by atoms with Crippen molar-refractivity contribution in [2.45, 2.75) is 0 Å². The lowest BCUT2D eigenvalue weighted by Gasteiger charge is -2.32. The second kappa shape index (κ2) is 6.42. The van der Waals surface area contributed by atoms with Crippen molar-refractivity contribution in [1.82, 2.24) is 19.8 Å². The normalized spacial score (nSPS) is 15.6. The molecule has 2 N–H and O–H groups in total. The molecule has 128 valence electrons. The van der Waals surface area contributed by atoms with E-state index in [9.17, 15) is 4.79 Å². The largest absolute Gasteiger partial charge is 0.396 e. The van der Waals surface area contributed by atoms with Gasteiger partial charge in [-0.1, -0.05) is 30.3 Å². The van der Waals surface area contributed by atoms with Gasteiger partial charge in [-0.2, -0.15) is 0 Å². The highest BCUT2D eigenvalue weighted by Gasteiger charge is 2.25. The summed E-state index contributed by atoms with van der Waals surface area (Å²) in [5.74, 6) is -0.0170. The zero-order chi connectivity index (χ0) is 17.4. The topological polar surface area (TPSA) is 75.3 Å². The minimum absolute atomic E-state index is 0.0170. The van der Waals surface area contributed by atoms with Gasteiger partial charge in [0.25, 0.3) is 5.91 Å². The lowest BCUT2D eigenvalue weighted by Crippen LogP contribution is -2.47. The molecule has 0 radical (unpaired) electrons. The zero-order valence-electron chi connectivity index (χ0n) is 14.0. The van der Waals surface area contributed by atoms with Crippen LogP contribution >= 0.6 is 11.3 Å². The minimum atomic E-state index is -0.0170. The van der Waals surface area contributed by atoms with Crippen molar-refractivity contribution in [2.75, 3.05) is 39.0 Å². The number of fused-ring (bicyclic) bond motifs is 1. The molecule has 3 aromatic rings. The summed E-state index contributed by atoms with van der Waals surface area (Å²) in [6, 6.07) is 9.87. The summed E-state index contributed by atoms with van der Waals surface area (Å²) >= 11 is 1.33. The van der Waals surface area contributed by atoms with Crippen molar-refractivity contribution in [3.8, 4) is 11.3 Å². The van der Waals surface area contributed by atoms with Crippen LogP contribution in [0.2, 0.25) is 0 Å². The molecule has 0 saturated carbocycles. The molecule has 1 amide bonds. The highest BCUT2D eigenvalue weighted by atomic mass is 32.1. The van der Waals surface area contributed by atoms with Crippen LogP contribution in [0.25, 0.3) is 21.6 Å². The lowest BCUT2D eigenvalue weighted by atomic mass is 10.2. The third-order valence-corrected chi connectivity index (χ3v) is 5.57. The zero-order valence-corrected chi connectivity index (χ0v) is 14.8. The van der Waals surface area contributed by atoms with Crippen LogP contribution in [0.15, 0.2) is 36.5 Å². The van der Waals surface area contributed by atoms with E-state index in [-0.39, 0.29) is 5.91 Å². The number of carbonyl (C=O) groups excluding carboxylic acids is 1. The molecule has 0 spiro atoms. The number of benzene rings is 1. The van der Waals surface area contributed by atoms with E-state index >= 15 is 0 Å². The van der Waals surface area contributed by atoms with Gasteiger partial charge in [0.1, 0.15) is 15.2 Å². The fourth-order valence-electron chi connectivity index (χ4n) is 2.95. The highest BCUT2D eigenvalue weighted by Crippen LogP contribution is 2.33. The molecule has 1 saturated heterocycles. The summed E-state index contributed by atoms with van der Waals surface area (Å²) in [7, 11) is 2.06. The molecule has 0 aliphatic carbocycles. The smallest absolute Gasteiger partial charge is 0.266 e. The van der Waals surface area contributed by atoms with Gasteiger partial charge in [0.15, 0.2) is 0 Å². The number of thiophene rings is 1. The number of aromatic nitrogens is 2. The summed E-state index contributed by atoms with van der Waals surface area (Å²) in [4.78, 5) is 27.3. The molecular formula is C18H19N5OS. The second-order valence-electron chi connectivity index (χ2n) is 6.22. The lowest BCUT2D eigenvalue weighted by molar-refractivity contribution is 0.0670. The molecule has 3 heterocycles. The number of likely N-dealkylation sites (N-methyl/N-ethyl adjacent to an activating group) is 1. The number of carbonyl (C=O) groups is 1. The molecule has 1 aromatic carbocycles. The second-order valence-corrected chi connectivity index (χ2v) is 7.21. The van der Waals surface area contributed by atoms with E-state index in [1.54, 1.807) is 6.20 Å². The fraction of sp³-hybridized carbons (Fsp3) is 0.278. The van der Waals surface area contributed by atoms with E-state index in [1.807, 2.05) is 35.2 Å². The molecule has 0 unspecified atom stereocenters. The molecule has 6 nitrogen and oxygen atoms in total. The number of hydrogen-bond acceptors (Lipinski definition) is 6. The minimum Gasteiger partial charge on any atom is -0.396 e. The Bertz CT molecular complexity index is 916. The summed E-state index contributed by atoms with van der Waals surface area (Å²) in [5, 5.41) is 0. The SMILES string of the molecule is CN1CCN(C(=O)c2sc3nc(-c4ccccc4)cnc3c2N)CC1. The van der Waals surface area contributed by atoms with Crippen LogP contribution in [0.4, 0.5) is 5.69 Å². The first-order chi connectivity index (χ1) is 12.1. The van der Waals surface area contributed by atoms with Gasteiger partial charge < -0.3 is 15.5 Å². The third kappa shape index (κ3) is 2.96. The molecule has 4 rings (SSSR count). The Hall–Kier alpha value is -2.51. The first kappa shape index (κ1) is 16.0. The van der Waals surface area contributed by atoms with Crippen LogP contribution < -0.4 is 5.73 Å². The average molecular weight is 353 g/mol. The quantitative estimate of drug-likeness (QED) is 0.765. The third-order valence-electron chi connectivity index (χ3n) is 4.49. The maximum atomic E-state index is 12.8. The van der Waals surface area contributed by atoms with Gasteiger partial charge in [-0.3, -0.25) is 4.79 Å². The Morgan fingerprint density at radius 1 is 1.16 bits per heavy atom. The number of anilines is 1. The summed E-state index contributed by atoms with van der Waals surface area (Å²) in [5.41, 5.74) is 9.05. The van der Waals surface area contributed by atoms with Gasteiger partial charge in [-0.15, -0.1) is 11.3 Å². The first-order valence-electron chi connectivity index (χ1n) is 8.22. The number of nitrogen functional groups attached to an aromatic ring is 1. The van der Waals surface area contributed by atoms with Crippen molar-refractivity contribution in [3.63, 3.8) is 0 Å². The standard InChI is InChI=1S/C18H19N5OS/c1-22-7-9-23(10-8-22)18(24)16-14(19)15-17(25-16)21-13(11-20-15)12-5-3-2-4-6-12/h2-6,11H,7-10,19H2,1H3. The van der Waals surface area contributed by atoms with E-state index in [2.05, 4.69) is 21.9 Å². The van der Waals surface area contributed by atoms with Crippen LogP contribution in [0.5, 0.6) is 0 Å². The molecular weight excluding hydrogens is 334 g/mol. The average Bonchev–Trinajstić information content (AvgIpc) is 2.98. The van der Waals surface area contributed by atoms with Crippen LogP contribution in [-0.2, 0) is 0 Å². The highest BCUT2D eigenvalue weighted by molar-refractivity contribution is 7.21. The number of hydrogen-bond donors (Lipinski definition) is 1. The van der Waals surface area contributed by atoms with E-state index in [4.69, 9.17) is 5.73 Å². The molecule has 1 aliphatic rings. The summed E-state index contributed by atoms with van der Waals surface area (Å²) in [6.07, 6.45) is 1.71. The maximum Gasteiger partial charge on any atom is 0.266 e. The Kier molecular flexibility index (Phi) is 4.10. The number of nitrogens with zero attached hydrogens (tertiary/aromatic N) is 4. The maximum absolute atomic E-state index is 12.8. The summed E-state index contributed by atoms with van der Waals surface area (Å²) in [6.45, 7) is 3.20. The van der Waals surface area contributed by atoms with Crippen LogP contribution in [-0.4, -0.2) is 58.9 Å². The number of rotatable bonds is 2. The van der Waals surface area contributed by atoms with Crippen LogP contribution in [0.1, 0.15) is 9.67 Å². The van der Waals surface area contributed by atoms with E-state index in [1.165, 1.54) is 11.3 Å². The van der Waals surface area contributed by atoms with Gasteiger partial charge >= 0.3 is 0 Å². The van der Waals surface area contributed by atoms with Gasteiger partial charge in [-0.05, 0) is 7.05 Å². The molecule has 25 heavy (non-hydrogen) atoms. The van der Waals surface area contributed by atoms with Crippen molar-refractivity contribution < 1.29 is 4.79 Å². The Balaban J connectivity index is 1.69. The van der Waals surface area contributed by atoms with E-state index in [0.717, 1.165) is 37.4 Å². The fourth-order valence-corrected chi connectivity index (χ4v) is 3.97. The van der Waals surface area contributed by atoms with Gasteiger partial charge in [0.05, 0.1) is 17.6 Å². The van der Waals surface area contributed by atoms with Gasteiger partial charge in [-0.25, -0.2) is 9.97 Å². The molecule has 0 atom stereocenters. The molecule has 1 fully saturated rings. The Morgan fingerprint density at radius 2 is 1.88 bits per heavy atom. The van der Waals surface area contributed by atoms with Crippen molar-refractivity contribution in [1.29, 1.82) is 0 Å². The van der Waals surface area contributed by atoms with Crippen LogP contribution in [0.3, 0.4) is 0 Å². The number of amides is 1.